The highest BCUT2D eigenvalue weighted by Gasteiger charge is 2.24. The molecule has 98 valence electrons. The summed E-state index contributed by atoms with van der Waals surface area (Å²) in [6.45, 7) is 4.24. The molecule has 1 aliphatic carbocycles. The third kappa shape index (κ3) is 3.01. The van der Waals surface area contributed by atoms with Crippen molar-refractivity contribution in [3.63, 3.8) is 0 Å². The van der Waals surface area contributed by atoms with Crippen LogP contribution in [0.5, 0.6) is 0 Å². The monoisotopic (exact) mass is 244 g/mol. The fourth-order valence-corrected chi connectivity index (χ4v) is 3.10. The largest absolute Gasteiger partial charge is 0.299 e. The molecule has 18 heavy (non-hydrogen) atoms. The van der Waals surface area contributed by atoms with Gasteiger partial charge in [0.1, 0.15) is 5.78 Å². The van der Waals surface area contributed by atoms with Gasteiger partial charge in [0.25, 0.3) is 0 Å². The van der Waals surface area contributed by atoms with Crippen LogP contribution in [0.2, 0.25) is 0 Å². The number of carbonyl (C=O) groups excluding carboxylic acids is 1. The number of benzene rings is 1. The van der Waals surface area contributed by atoms with Gasteiger partial charge < -0.3 is 0 Å². The molecule has 0 spiro atoms. The number of carbonyl (C=O) groups is 1. The molecule has 0 saturated carbocycles. The van der Waals surface area contributed by atoms with E-state index in [1.807, 2.05) is 0 Å². The van der Waals surface area contributed by atoms with Gasteiger partial charge in [-0.1, -0.05) is 44.5 Å². The predicted octanol–water partition coefficient (Wildman–Crippen LogP) is 4.50. The van der Waals surface area contributed by atoms with E-state index in [4.69, 9.17) is 0 Å². The summed E-state index contributed by atoms with van der Waals surface area (Å²) in [7, 11) is 0. The molecule has 1 heteroatoms. The van der Waals surface area contributed by atoms with Crippen LogP contribution in [0.15, 0.2) is 24.3 Å². The van der Waals surface area contributed by atoms with Crippen LogP contribution in [-0.4, -0.2) is 5.78 Å². The van der Waals surface area contributed by atoms with Crippen molar-refractivity contribution in [1.29, 1.82) is 0 Å². The lowest BCUT2D eigenvalue weighted by Gasteiger charge is -2.25. The van der Waals surface area contributed by atoms with Crippen LogP contribution in [0.1, 0.15) is 63.0 Å². The third-order valence-electron chi connectivity index (χ3n) is 4.21. The first-order valence-corrected chi connectivity index (χ1v) is 7.33. The molecule has 0 saturated heterocycles. The van der Waals surface area contributed by atoms with Crippen LogP contribution in [0.3, 0.4) is 0 Å². The van der Waals surface area contributed by atoms with E-state index in [0.29, 0.717) is 11.7 Å². The van der Waals surface area contributed by atoms with Gasteiger partial charge in [-0.05, 0) is 42.7 Å². The fourth-order valence-electron chi connectivity index (χ4n) is 3.10. The third-order valence-corrected chi connectivity index (χ3v) is 4.21. The molecule has 1 aromatic rings. The number of ketones is 1. The molecular weight excluding hydrogens is 220 g/mol. The van der Waals surface area contributed by atoms with E-state index >= 15 is 0 Å². The quantitative estimate of drug-likeness (QED) is 0.745. The van der Waals surface area contributed by atoms with Crippen molar-refractivity contribution in [2.24, 2.45) is 5.92 Å². The Hall–Kier alpha value is -1.11. The Morgan fingerprint density at radius 3 is 2.94 bits per heavy atom. The summed E-state index contributed by atoms with van der Waals surface area (Å²) in [5.74, 6) is 1.17. The first-order valence-electron chi connectivity index (χ1n) is 7.33. The summed E-state index contributed by atoms with van der Waals surface area (Å²) in [4.78, 5) is 12.2. The second-order valence-electron chi connectivity index (χ2n) is 5.65. The topological polar surface area (TPSA) is 17.1 Å². The molecule has 0 bridgehead atoms. The van der Waals surface area contributed by atoms with Crippen LogP contribution in [-0.2, 0) is 11.2 Å². The molecule has 1 nitrogen and oxygen atoms in total. The first-order chi connectivity index (χ1) is 8.72. The molecule has 0 amide bonds. The number of hydrogen-bond donors (Lipinski definition) is 0. The number of fused-ring (bicyclic) bond motifs is 1. The lowest BCUT2D eigenvalue weighted by molar-refractivity contribution is -0.123. The molecule has 0 radical (unpaired) electrons. The Kier molecular flexibility index (Phi) is 4.57. The lowest BCUT2D eigenvalue weighted by atomic mass is 9.79. The maximum absolute atomic E-state index is 12.2. The fraction of sp³-hybridized carbons (Fsp3) is 0.588. The van der Waals surface area contributed by atoms with E-state index in [2.05, 4.69) is 38.1 Å². The van der Waals surface area contributed by atoms with Crippen LogP contribution < -0.4 is 0 Å². The van der Waals surface area contributed by atoms with Crippen LogP contribution in [0.4, 0.5) is 0 Å². The predicted molar refractivity (Wildman–Crippen MR) is 75.8 cm³/mol. The van der Waals surface area contributed by atoms with Crippen molar-refractivity contribution in [3.05, 3.63) is 35.4 Å². The zero-order valence-corrected chi connectivity index (χ0v) is 11.6. The van der Waals surface area contributed by atoms with Crippen molar-refractivity contribution in [2.75, 3.05) is 0 Å². The maximum atomic E-state index is 12.2. The Morgan fingerprint density at radius 2 is 2.17 bits per heavy atom. The highest BCUT2D eigenvalue weighted by atomic mass is 16.1. The van der Waals surface area contributed by atoms with Gasteiger partial charge in [-0.3, -0.25) is 4.79 Å². The summed E-state index contributed by atoms with van der Waals surface area (Å²) in [5.41, 5.74) is 2.89. The van der Waals surface area contributed by atoms with Crippen LogP contribution >= 0.6 is 0 Å². The molecule has 2 rings (SSSR count). The van der Waals surface area contributed by atoms with E-state index in [1.165, 1.54) is 30.4 Å². The van der Waals surface area contributed by atoms with E-state index < -0.39 is 0 Å². The Morgan fingerprint density at radius 1 is 1.39 bits per heavy atom. The average molecular weight is 244 g/mol. The molecule has 2 unspecified atom stereocenters. The van der Waals surface area contributed by atoms with Crippen molar-refractivity contribution < 1.29 is 4.79 Å². The van der Waals surface area contributed by atoms with Gasteiger partial charge in [-0.25, -0.2) is 0 Å². The smallest absolute Gasteiger partial charge is 0.136 e. The normalized spacial score (nSPS) is 20.2. The minimum atomic E-state index is 0.240. The molecule has 2 atom stereocenters. The maximum Gasteiger partial charge on any atom is 0.136 e. The first kappa shape index (κ1) is 13.3. The molecule has 0 N–H and O–H groups in total. The summed E-state index contributed by atoms with van der Waals surface area (Å²) < 4.78 is 0. The zero-order chi connectivity index (χ0) is 13.0. The van der Waals surface area contributed by atoms with Crippen LogP contribution in [0.25, 0.3) is 0 Å². The second-order valence-corrected chi connectivity index (χ2v) is 5.65. The Bertz CT molecular complexity index is 408. The van der Waals surface area contributed by atoms with Crippen molar-refractivity contribution in [2.45, 2.75) is 58.3 Å². The summed E-state index contributed by atoms with van der Waals surface area (Å²) in [6.07, 6.45) is 6.49. The van der Waals surface area contributed by atoms with Crippen molar-refractivity contribution in [1.82, 2.24) is 0 Å². The van der Waals surface area contributed by atoms with Crippen molar-refractivity contribution >= 4 is 5.78 Å². The van der Waals surface area contributed by atoms with Gasteiger partial charge in [0, 0.05) is 12.3 Å². The number of Topliss-reactive ketones (excluding diaryl/α,β-unsaturated/α-hetero) is 1. The summed E-state index contributed by atoms with van der Waals surface area (Å²) in [6, 6.07) is 8.66. The van der Waals surface area contributed by atoms with E-state index in [1.54, 1.807) is 0 Å². The number of aryl methyl sites for hydroxylation is 1. The van der Waals surface area contributed by atoms with Crippen LogP contribution in [0, 0.1) is 5.92 Å². The highest BCUT2D eigenvalue weighted by Crippen LogP contribution is 2.34. The van der Waals surface area contributed by atoms with Gasteiger partial charge in [0.05, 0.1) is 0 Å². The van der Waals surface area contributed by atoms with E-state index in [-0.39, 0.29) is 5.92 Å². The van der Waals surface area contributed by atoms with E-state index in [9.17, 15) is 4.79 Å². The van der Waals surface area contributed by atoms with Gasteiger partial charge in [0.2, 0.25) is 0 Å². The number of rotatable bonds is 5. The highest BCUT2D eigenvalue weighted by molar-refractivity contribution is 5.81. The Labute approximate surface area is 111 Å². The molecule has 0 aliphatic heterocycles. The number of hydrogen-bond acceptors (Lipinski definition) is 1. The molecular formula is C17H24O. The molecule has 1 aromatic carbocycles. The lowest BCUT2D eigenvalue weighted by Crippen LogP contribution is -2.18. The van der Waals surface area contributed by atoms with Gasteiger partial charge >= 0.3 is 0 Å². The average Bonchev–Trinajstić information content (AvgIpc) is 2.39. The standard InChI is InChI=1S/C17H24O/c1-3-7-13(2)17(18)12-15-10-6-9-14-8-4-5-11-16(14)15/h4-5,8,11,13,15H,3,6-7,9-10,12H2,1-2H3. The molecule has 0 heterocycles. The van der Waals surface area contributed by atoms with E-state index in [0.717, 1.165) is 19.3 Å². The molecule has 1 aliphatic rings. The van der Waals surface area contributed by atoms with Crippen molar-refractivity contribution in [3.8, 4) is 0 Å². The minimum absolute atomic E-state index is 0.240. The van der Waals surface area contributed by atoms with Gasteiger partial charge in [0.15, 0.2) is 0 Å². The molecule has 0 aromatic heterocycles. The molecule has 0 fully saturated rings. The van der Waals surface area contributed by atoms with Gasteiger partial charge in [-0.2, -0.15) is 0 Å². The minimum Gasteiger partial charge on any atom is -0.299 e. The summed E-state index contributed by atoms with van der Waals surface area (Å²) >= 11 is 0. The van der Waals surface area contributed by atoms with Gasteiger partial charge in [-0.15, -0.1) is 0 Å². The second kappa shape index (κ2) is 6.17. The zero-order valence-electron chi connectivity index (χ0n) is 11.6. The SMILES string of the molecule is CCCC(C)C(=O)CC1CCCc2ccccc21. The summed E-state index contributed by atoms with van der Waals surface area (Å²) in [5, 5.41) is 0. The Balaban J connectivity index is 2.05.